The van der Waals surface area contributed by atoms with Crippen LogP contribution in [0.25, 0.3) is 0 Å². The smallest absolute Gasteiger partial charge is 0.0891 e. The van der Waals surface area contributed by atoms with Crippen LogP contribution in [0.1, 0.15) is 25.0 Å². The Morgan fingerprint density at radius 1 is 1.46 bits per heavy atom. The number of hydrogen-bond acceptors (Lipinski definition) is 3. The van der Waals surface area contributed by atoms with Gasteiger partial charge in [-0.05, 0) is 19.3 Å². The maximum atomic E-state index is 5.44. The van der Waals surface area contributed by atoms with Gasteiger partial charge in [0.15, 0.2) is 0 Å². The lowest BCUT2D eigenvalue weighted by molar-refractivity contribution is -0.233. The normalized spacial score (nSPS) is 41.1. The van der Waals surface area contributed by atoms with Crippen LogP contribution in [0.5, 0.6) is 0 Å². The lowest BCUT2D eigenvalue weighted by Gasteiger charge is -2.68. The number of hydrogen-bond donors (Lipinski definition) is 0. The van der Waals surface area contributed by atoms with Gasteiger partial charge in [-0.15, -0.1) is 5.10 Å². The van der Waals surface area contributed by atoms with Gasteiger partial charge in [0, 0.05) is 25.8 Å². The van der Waals surface area contributed by atoms with Gasteiger partial charge < -0.3 is 4.74 Å². The zero-order chi connectivity index (χ0) is 9.10. The van der Waals surface area contributed by atoms with Crippen LogP contribution in [0, 0.1) is 0 Å². The maximum absolute atomic E-state index is 5.44. The largest absolute Gasteiger partial charge is 0.378 e. The summed E-state index contributed by atoms with van der Waals surface area (Å²) < 4.78 is 7.21. The number of methoxy groups -OCH3 is 1. The van der Waals surface area contributed by atoms with Crippen LogP contribution in [0.4, 0.5) is 0 Å². The minimum atomic E-state index is 0.206. The van der Waals surface area contributed by atoms with Crippen molar-refractivity contribution in [2.24, 2.45) is 7.05 Å². The van der Waals surface area contributed by atoms with Gasteiger partial charge in [0.2, 0.25) is 0 Å². The van der Waals surface area contributed by atoms with Crippen LogP contribution in [-0.4, -0.2) is 27.7 Å². The second kappa shape index (κ2) is 1.95. The van der Waals surface area contributed by atoms with Gasteiger partial charge in [-0.3, -0.25) is 4.68 Å². The molecule has 3 aliphatic carbocycles. The van der Waals surface area contributed by atoms with Gasteiger partial charge in [-0.1, -0.05) is 5.21 Å². The van der Waals surface area contributed by atoms with Crippen LogP contribution < -0.4 is 0 Å². The first-order valence-corrected chi connectivity index (χ1v) is 4.60. The third kappa shape index (κ3) is 0.746. The van der Waals surface area contributed by atoms with Gasteiger partial charge in [-0.2, -0.15) is 0 Å². The molecular formula is C9H13N3O. The first kappa shape index (κ1) is 7.50. The number of aryl methyl sites for hydroxylation is 1. The summed E-state index contributed by atoms with van der Waals surface area (Å²) in [6.07, 6.45) is 5.43. The molecular weight excluding hydrogens is 166 g/mol. The summed E-state index contributed by atoms with van der Waals surface area (Å²) in [5, 5.41) is 8.13. The van der Waals surface area contributed by atoms with Gasteiger partial charge >= 0.3 is 0 Å². The quantitative estimate of drug-likeness (QED) is 0.668. The molecule has 0 aromatic carbocycles. The molecule has 0 unspecified atom stereocenters. The van der Waals surface area contributed by atoms with E-state index in [2.05, 4.69) is 10.3 Å². The first-order valence-electron chi connectivity index (χ1n) is 4.60. The van der Waals surface area contributed by atoms with Crippen LogP contribution in [0.15, 0.2) is 6.20 Å². The van der Waals surface area contributed by atoms with Crippen molar-refractivity contribution in [3.05, 3.63) is 11.9 Å². The van der Waals surface area contributed by atoms with Crippen molar-refractivity contribution in [2.75, 3.05) is 7.11 Å². The van der Waals surface area contributed by atoms with E-state index in [1.165, 1.54) is 0 Å². The first-order chi connectivity index (χ1) is 6.18. The summed E-state index contributed by atoms with van der Waals surface area (Å²) in [7, 11) is 3.72. The van der Waals surface area contributed by atoms with Crippen LogP contribution in [0.2, 0.25) is 0 Å². The van der Waals surface area contributed by atoms with E-state index in [0.29, 0.717) is 5.41 Å². The van der Waals surface area contributed by atoms with Gasteiger partial charge in [0.05, 0.1) is 11.3 Å². The molecule has 0 spiro atoms. The molecule has 70 valence electrons. The highest BCUT2D eigenvalue weighted by atomic mass is 16.5. The Morgan fingerprint density at radius 3 is 2.62 bits per heavy atom. The van der Waals surface area contributed by atoms with E-state index in [4.69, 9.17) is 4.74 Å². The molecule has 1 aromatic heterocycles. The molecule has 3 aliphatic rings. The van der Waals surface area contributed by atoms with Crippen molar-refractivity contribution in [3.63, 3.8) is 0 Å². The van der Waals surface area contributed by atoms with Crippen molar-refractivity contribution < 1.29 is 4.74 Å². The molecule has 4 nitrogen and oxygen atoms in total. The summed E-state index contributed by atoms with van der Waals surface area (Å²) in [5.41, 5.74) is 1.68. The van der Waals surface area contributed by atoms with Gasteiger partial charge in [0.25, 0.3) is 0 Å². The monoisotopic (exact) mass is 179 g/mol. The Hall–Kier alpha value is -0.900. The second-order valence-electron chi connectivity index (χ2n) is 4.48. The predicted molar refractivity (Wildman–Crippen MR) is 46.3 cm³/mol. The van der Waals surface area contributed by atoms with Crippen molar-refractivity contribution in [3.8, 4) is 0 Å². The van der Waals surface area contributed by atoms with Gasteiger partial charge in [-0.25, -0.2) is 0 Å². The van der Waals surface area contributed by atoms with Crippen molar-refractivity contribution in [2.45, 2.75) is 30.3 Å². The number of rotatable bonds is 2. The fraction of sp³-hybridized carbons (Fsp3) is 0.778. The molecule has 1 aromatic rings. The Balaban J connectivity index is 1.84. The van der Waals surface area contributed by atoms with Crippen LogP contribution >= 0.6 is 0 Å². The highest BCUT2D eigenvalue weighted by Crippen LogP contribution is 2.68. The highest BCUT2D eigenvalue weighted by Gasteiger charge is 2.70. The highest BCUT2D eigenvalue weighted by molar-refractivity contribution is 5.34. The molecule has 0 atom stereocenters. The Kier molecular flexibility index (Phi) is 1.12. The van der Waals surface area contributed by atoms with Crippen LogP contribution in [-0.2, 0) is 17.2 Å². The summed E-state index contributed by atoms with van der Waals surface area (Å²) in [6, 6.07) is 0. The number of ether oxygens (including phenoxy) is 1. The average Bonchev–Trinajstić information content (AvgIpc) is 2.31. The Bertz CT molecular complexity index is 338. The third-order valence-electron chi connectivity index (χ3n) is 3.56. The summed E-state index contributed by atoms with van der Waals surface area (Å²) in [6.45, 7) is 0. The molecule has 0 N–H and O–H groups in total. The second-order valence-corrected chi connectivity index (χ2v) is 4.48. The number of nitrogens with zero attached hydrogens (tertiary/aromatic N) is 3. The standard InChI is InChI=1S/C9H13N3O/c1-12-3-7(10-11-12)8-4-9(5-8,6-8)13-2/h3H,4-6H2,1-2H3. The molecule has 0 saturated heterocycles. The molecule has 3 fully saturated rings. The van der Waals surface area contributed by atoms with E-state index in [0.717, 1.165) is 25.0 Å². The SMILES string of the molecule is COC12CC(c3cn(C)nn3)(C1)C2. The summed E-state index contributed by atoms with van der Waals surface area (Å²) >= 11 is 0. The van der Waals surface area contributed by atoms with E-state index >= 15 is 0 Å². The minimum absolute atomic E-state index is 0.206. The van der Waals surface area contributed by atoms with Crippen molar-refractivity contribution in [1.29, 1.82) is 0 Å². The maximum Gasteiger partial charge on any atom is 0.0891 e. The van der Waals surface area contributed by atoms with E-state index in [1.54, 1.807) is 11.8 Å². The minimum Gasteiger partial charge on any atom is -0.378 e. The third-order valence-corrected chi connectivity index (χ3v) is 3.56. The van der Waals surface area contributed by atoms with E-state index in [-0.39, 0.29) is 5.60 Å². The molecule has 4 rings (SSSR count). The van der Waals surface area contributed by atoms with E-state index in [1.807, 2.05) is 13.2 Å². The fourth-order valence-corrected chi connectivity index (χ4v) is 2.77. The molecule has 4 heteroatoms. The molecule has 3 saturated carbocycles. The zero-order valence-corrected chi connectivity index (χ0v) is 7.95. The molecule has 0 amide bonds. The summed E-state index contributed by atoms with van der Waals surface area (Å²) in [5.74, 6) is 0. The van der Waals surface area contributed by atoms with E-state index < -0.39 is 0 Å². The molecule has 1 heterocycles. The Morgan fingerprint density at radius 2 is 2.15 bits per heavy atom. The molecule has 0 aliphatic heterocycles. The van der Waals surface area contributed by atoms with Gasteiger partial charge in [0.1, 0.15) is 0 Å². The van der Waals surface area contributed by atoms with E-state index in [9.17, 15) is 0 Å². The number of aromatic nitrogens is 3. The topological polar surface area (TPSA) is 39.9 Å². The fourth-order valence-electron chi connectivity index (χ4n) is 2.77. The average molecular weight is 179 g/mol. The van der Waals surface area contributed by atoms with Crippen molar-refractivity contribution >= 4 is 0 Å². The lowest BCUT2D eigenvalue weighted by Crippen LogP contribution is -2.70. The zero-order valence-electron chi connectivity index (χ0n) is 7.95. The lowest BCUT2D eigenvalue weighted by atomic mass is 9.40. The van der Waals surface area contributed by atoms with Crippen molar-refractivity contribution in [1.82, 2.24) is 15.0 Å². The predicted octanol–water partition coefficient (Wildman–Crippen LogP) is 0.636. The molecule has 0 radical (unpaired) electrons. The summed E-state index contributed by atoms with van der Waals surface area (Å²) in [4.78, 5) is 0. The molecule has 2 bridgehead atoms. The Labute approximate surface area is 76.9 Å². The molecule has 13 heavy (non-hydrogen) atoms. The van der Waals surface area contributed by atoms with Crippen LogP contribution in [0.3, 0.4) is 0 Å².